The van der Waals surface area contributed by atoms with Gasteiger partial charge in [-0.1, -0.05) is 0 Å². The molecular formula is C12H13N3OS. The van der Waals surface area contributed by atoms with Crippen molar-refractivity contribution in [1.82, 2.24) is 15.3 Å². The van der Waals surface area contributed by atoms with Gasteiger partial charge in [0.2, 0.25) is 0 Å². The van der Waals surface area contributed by atoms with E-state index in [0.717, 1.165) is 29.4 Å². The average molecular weight is 247 g/mol. The Labute approximate surface area is 104 Å². The summed E-state index contributed by atoms with van der Waals surface area (Å²) in [6, 6.07) is 4.19. The second-order valence-electron chi connectivity index (χ2n) is 3.90. The van der Waals surface area contributed by atoms with E-state index in [9.17, 15) is 0 Å². The molecule has 3 heterocycles. The number of hydrogen-bond donors (Lipinski definition) is 1. The first-order valence-corrected chi connectivity index (χ1v) is 6.48. The Hall–Kier alpha value is -1.30. The molecule has 3 rings (SSSR count). The van der Waals surface area contributed by atoms with E-state index in [2.05, 4.69) is 20.7 Å². The SMILES string of the molecule is c1cc(-c2nc(C3COCCN3)cs2)ccn1. The van der Waals surface area contributed by atoms with Crippen LogP contribution in [0.4, 0.5) is 0 Å². The van der Waals surface area contributed by atoms with E-state index in [1.165, 1.54) is 0 Å². The van der Waals surface area contributed by atoms with Crippen LogP contribution in [0.3, 0.4) is 0 Å². The summed E-state index contributed by atoms with van der Waals surface area (Å²) in [5.74, 6) is 0. The van der Waals surface area contributed by atoms with E-state index in [1.54, 1.807) is 23.7 Å². The van der Waals surface area contributed by atoms with Gasteiger partial charge in [0.1, 0.15) is 5.01 Å². The molecule has 0 saturated carbocycles. The molecule has 0 spiro atoms. The van der Waals surface area contributed by atoms with Crippen LogP contribution in [-0.4, -0.2) is 29.7 Å². The first-order chi connectivity index (χ1) is 8.43. The molecule has 1 N–H and O–H groups in total. The van der Waals surface area contributed by atoms with E-state index in [4.69, 9.17) is 4.74 Å². The molecule has 0 aliphatic carbocycles. The Morgan fingerprint density at radius 3 is 3.00 bits per heavy atom. The lowest BCUT2D eigenvalue weighted by molar-refractivity contribution is 0.0758. The third-order valence-electron chi connectivity index (χ3n) is 2.73. The largest absolute Gasteiger partial charge is 0.378 e. The highest BCUT2D eigenvalue weighted by atomic mass is 32.1. The van der Waals surface area contributed by atoms with Crippen LogP contribution in [0.5, 0.6) is 0 Å². The van der Waals surface area contributed by atoms with Crippen LogP contribution in [0.25, 0.3) is 10.6 Å². The molecule has 1 aliphatic rings. The molecule has 4 nitrogen and oxygen atoms in total. The molecule has 0 bridgehead atoms. The molecule has 0 aromatic carbocycles. The maximum absolute atomic E-state index is 5.44. The number of ether oxygens (including phenoxy) is 1. The molecule has 0 radical (unpaired) electrons. The summed E-state index contributed by atoms with van der Waals surface area (Å²) in [4.78, 5) is 8.66. The minimum Gasteiger partial charge on any atom is -0.378 e. The predicted octanol–water partition coefficient (Wildman–Crippen LogP) is 1.87. The zero-order chi connectivity index (χ0) is 11.5. The van der Waals surface area contributed by atoms with Crippen molar-refractivity contribution in [3.63, 3.8) is 0 Å². The fraction of sp³-hybridized carbons (Fsp3) is 0.333. The van der Waals surface area contributed by atoms with Gasteiger partial charge in [-0.15, -0.1) is 11.3 Å². The van der Waals surface area contributed by atoms with Crippen molar-refractivity contribution >= 4 is 11.3 Å². The van der Waals surface area contributed by atoms with Gasteiger partial charge in [-0.05, 0) is 12.1 Å². The highest BCUT2D eigenvalue weighted by molar-refractivity contribution is 7.13. The van der Waals surface area contributed by atoms with Gasteiger partial charge in [-0.25, -0.2) is 4.98 Å². The van der Waals surface area contributed by atoms with Gasteiger partial charge in [0.25, 0.3) is 0 Å². The van der Waals surface area contributed by atoms with Crippen molar-refractivity contribution < 1.29 is 4.74 Å². The van der Waals surface area contributed by atoms with E-state index < -0.39 is 0 Å². The maximum Gasteiger partial charge on any atom is 0.123 e. The lowest BCUT2D eigenvalue weighted by atomic mass is 10.2. The number of pyridine rings is 1. The smallest absolute Gasteiger partial charge is 0.123 e. The second kappa shape index (κ2) is 4.91. The molecule has 1 unspecified atom stereocenters. The maximum atomic E-state index is 5.44. The van der Waals surface area contributed by atoms with Crippen LogP contribution in [0.2, 0.25) is 0 Å². The quantitative estimate of drug-likeness (QED) is 0.880. The second-order valence-corrected chi connectivity index (χ2v) is 4.75. The minimum atomic E-state index is 0.232. The lowest BCUT2D eigenvalue weighted by Crippen LogP contribution is -2.34. The number of nitrogens with zero attached hydrogens (tertiary/aromatic N) is 2. The third kappa shape index (κ3) is 2.36. The Kier molecular flexibility index (Phi) is 3.13. The molecule has 0 amide bonds. The standard InChI is InChI=1S/C12H13N3OS/c1-3-13-4-2-9(1)12-15-11(8-17-12)10-7-16-6-5-14-10/h1-4,8,10,14H,5-7H2. The Balaban J connectivity index is 1.83. The molecule has 2 aromatic heterocycles. The summed E-state index contributed by atoms with van der Waals surface area (Å²) >= 11 is 1.66. The van der Waals surface area contributed by atoms with Crippen LogP contribution >= 0.6 is 11.3 Å². The number of aromatic nitrogens is 2. The van der Waals surface area contributed by atoms with Crippen molar-refractivity contribution in [3.05, 3.63) is 35.6 Å². The molecular weight excluding hydrogens is 234 g/mol. The van der Waals surface area contributed by atoms with Gasteiger partial charge in [0, 0.05) is 29.9 Å². The number of nitrogens with one attached hydrogen (secondary N) is 1. The minimum absolute atomic E-state index is 0.232. The first-order valence-electron chi connectivity index (χ1n) is 5.60. The van der Waals surface area contributed by atoms with Gasteiger partial charge in [0.15, 0.2) is 0 Å². The number of hydrogen-bond acceptors (Lipinski definition) is 5. The fourth-order valence-electron chi connectivity index (χ4n) is 1.83. The van der Waals surface area contributed by atoms with Crippen LogP contribution in [0.15, 0.2) is 29.9 Å². The number of thiazole rings is 1. The number of rotatable bonds is 2. The molecule has 88 valence electrons. The molecule has 1 atom stereocenters. The van der Waals surface area contributed by atoms with Crippen molar-refractivity contribution in [2.75, 3.05) is 19.8 Å². The van der Waals surface area contributed by atoms with Gasteiger partial charge in [-0.2, -0.15) is 0 Å². The highest BCUT2D eigenvalue weighted by Crippen LogP contribution is 2.26. The molecule has 1 fully saturated rings. The third-order valence-corrected chi connectivity index (χ3v) is 3.64. The van der Waals surface area contributed by atoms with Gasteiger partial charge >= 0.3 is 0 Å². The summed E-state index contributed by atoms with van der Waals surface area (Å²) in [5, 5.41) is 6.54. The monoisotopic (exact) mass is 247 g/mol. The average Bonchev–Trinajstić information content (AvgIpc) is 2.90. The van der Waals surface area contributed by atoms with E-state index in [0.29, 0.717) is 6.61 Å². The van der Waals surface area contributed by atoms with E-state index in [-0.39, 0.29) is 6.04 Å². The fourth-order valence-corrected chi connectivity index (χ4v) is 2.71. The summed E-state index contributed by atoms with van der Waals surface area (Å²) in [6.07, 6.45) is 3.58. The van der Waals surface area contributed by atoms with Gasteiger partial charge in [0.05, 0.1) is 24.9 Å². The summed E-state index contributed by atoms with van der Waals surface area (Å²) in [6.45, 7) is 2.39. The Bertz CT molecular complexity index is 480. The normalized spacial score (nSPS) is 20.4. The molecule has 5 heteroatoms. The Morgan fingerprint density at radius 2 is 2.24 bits per heavy atom. The van der Waals surface area contributed by atoms with Crippen molar-refractivity contribution in [1.29, 1.82) is 0 Å². The molecule has 1 aliphatic heterocycles. The summed E-state index contributed by atoms with van der Waals surface area (Å²) < 4.78 is 5.44. The van der Waals surface area contributed by atoms with Gasteiger partial charge < -0.3 is 10.1 Å². The highest BCUT2D eigenvalue weighted by Gasteiger charge is 2.18. The van der Waals surface area contributed by atoms with Crippen LogP contribution < -0.4 is 5.32 Å². The van der Waals surface area contributed by atoms with Crippen LogP contribution in [0, 0.1) is 0 Å². The van der Waals surface area contributed by atoms with Crippen LogP contribution in [-0.2, 0) is 4.74 Å². The van der Waals surface area contributed by atoms with Crippen molar-refractivity contribution in [3.8, 4) is 10.6 Å². The van der Waals surface area contributed by atoms with Crippen molar-refractivity contribution in [2.24, 2.45) is 0 Å². The summed E-state index contributed by atoms with van der Waals surface area (Å²) in [5.41, 5.74) is 2.19. The van der Waals surface area contributed by atoms with E-state index in [1.807, 2.05) is 12.1 Å². The number of morpholine rings is 1. The molecule has 1 saturated heterocycles. The van der Waals surface area contributed by atoms with Crippen LogP contribution in [0.1, 0.15) is 11.7 Å². The topological polar surface area (TPSA) is 47.0 Å². The molecule has 2 aromatic rings. The van der Waals surface area contributed by atoms with Gasteiger partial charge in [-0.3, -0.25) is 4.98 Å². The zero-order valence-electron chi connectivity index (χ0n) is 9.30. The van der Waals surface area contributed by atoms with Crippen molar-refractivity contribution in [2.45, 2.75) is 6.04 Å². The molecule has 17 heavy (non-hydrogen) atoms. The predicted molar refractivity (Wildman–Crippen MR) is 66.9 cm³/mol. The Morgan fingerprint density at radius 1 is 1.35 bits per heavy atom. The lowest BCUT2D eigenvalue weighted by Gasteiger charge is -2.21. The first kappa shape index (κ1) is 10.8. The summed E-state index contributed by atoms with van der Waals surface area (Å²) in [7, 11) is 0. The zero-order valence-corrected chi connectivity index (χ0v) is 10.1. The van der Waals surface area contributed by atoms with E-state index >= 15 is 0 Å².